The van der Waals surface area contributed by atoms with Crippen molar-refractivity contribution in [3.63, 3.8) is 0 Å². The zero-order chi connectivity index (χ0) is 19.8. The van der Waals surface area contributed by atoms with E-state index in [0.29, 0.717) is 17.9 Å². The van der Waals surface area contributed by atoms with Gasteiger partial charge in [-0.2, -0.15) is 5.10 Å². The van der Waals surface area contributed by atoms with E-state index in [9.17, 15) is 14.0 Å². The van der Waals surface area contributed by atoms with Crippen LogP contribution in [0.1, 0.15) is 24.0 Å². The maximum atomic E-state index is 14.7. The number of aryl methyl sites for hydroxylation is 2. The third kappa shape index (κ3) is 3.13. The SMILES string of the molecule is Cc1cc(F)c2c(c1)CCCN2C(=O)C1=NN(c2ccccc2)C(C(N)=O)C1. The molecule has 2 aromatic rings. The first-order chi connectivity index (χ1) is 13.5. The van der Waals surface area contributed by atoms with Crippen LogP contribution in [0.5, 0.6) is 0 Å². The number of benzene rings is 2. The van der Waals surface area contributed by atoms with E-state index >= 15 is 0 Å². The van der Waals surface area contributed by atoms with E-state index < -0.39 is 17.8 Å². The van der Waals surface area contributed by atoms with Crippen molar-refractivity contribution < 1.29 is 14.0 Å². The fourth-order valence-corrected chi connectivity index (χ4v) is 3.88. The Balaban J connectivity index is 1.69. The van der Waals surface area contributed by atoms with Crippen LogP contribution in [0.4, 0.5) is 15.8 Å². The fraction of sp³-hybridized carbons (Fsp3) is 0.286. The van der Waals surface area contributed by atoms with Gasteiger partial charge < -0.3 is 10.6 Å². The lowest BCUT2D eigenvalue weighted by atomic mass is 9.98. The van der Waals surface area contributed by atoms with Gasteiger partial charge in [0.05, 0.1) is 11.4 Å². The van der Waals surface area contributed by atoms with Crippen LogP contribution < -0.4 is 15.6 Å². The molecule has 2 aromatic carbocycles. The summed E-state index contributed by atoms with van der Waals surface area (Å²) in [6.45, 7) is 2.25. The maximum absolute atomic E-state index is 14.7. The van der Waals surface area contributed by atoms with Gasteiger partial charge in [-0.25, -0.2) is 4.39 Å². The number of carbonyl (C=O) groups is 2. The molecule has 2 aliphatic rings. The van der Waals surface area contributed by atoms with Crippen molar-refractivity contribution in [2.75, 3.05) is 16.5 Å². The number of carbonyl (C=O) groups excluding carboxylic acids is 2. The molecule has 7 heteroatoms. The molecule has 2 amide bonds. The maximum Gasteiger partial charge on any atom is 0.274 e. The minimum Gasteiger partial charge on any atom is -0.368 e. The molecule has 2 heterocycles. The number of hydrazone groups is 1. The Morgan fingerprint density at radius 3 is 2.68 bits per heavy atom. The number of hydrogen-bond acceptors (Lipinski definition) is 4. The molecule has 0 bridgehead atoms. The van der Waals surface area contributed by atoms with Crippen molar-refractivity contribution in [2.45, 2.75) is 32.2 Å². The summed E-state index contributed by atoms with van der Waals surface area (Å²) in [5.74, 6) is -1.35. The fourth-order valence-electron chi connectivity index (χ4n) is 3.88. The van der Waals surface area contributed by atoms with Gasteiger partial charge in [0.15, 0.2) is 0 Å². The van der Waals surface area contributed by atoms with E-state index in [-0.39, 0.29) is 18.0 Å². The van der Waals surface area contributed by atoms with Crippen LogP contribution >= 0.6 is 0 Å². The quantitative estimate of drug-likeness (QED) is 0.889. The third-order valence-corrected chi connectivity index (χ3v) is 5.14. The van der Waals surface area contributed by atoms with Crippen LogP contribution in [0, 0.1) is 12.7 Å². The molecule has 1 atom stereocenters. The lowest BCUT2D eigenvalue weighted by Crippen LogP contribution is -2.42. The van der Waals surface area contributed by atoms with Crippen molar-refractivity contribution in [3.05, 3.63) is 59.4 Å². The van der Waals surface area contributed by atoms with Crippen molar-refractivity contribution >= 4 is 28.9 Å². The molecular formula is C21H21FN4O2. The van der Waals surface area contributed by atoms with Crippen LogP contribution in [0.2, 0.25) is 0 Å². The van der Waals surface area contributed by atoms with E-state index in [0.717, 1.165) is 24.0 Å². The Morgan fingerprint density at radius 1 is 1.21 bits per heavy atom. The second-order valence-corrected chi connectivity index (χ2v) is 7.16. The minimum atomic E-state index is -0.742. The van der Waals surface area contributed by atoms with Gasteiger partial charge in [-0.05, 0) is 49.1 Å². The van der Waals surface area contributed by atoms with Crippen LogP contribution in [-0.4, -0.2) is 30.1 Å². The molecule has 28 heavy (non-hydrogen) atoms. The summed E-state index contributed by atoms with van der Waals surface area (Å²) in [6.07, 6.45) is 1.57. The summed E-state index contributed by atoms with van der Waals surface area (Å²) >= 11 is 0. The Labute approximate surface area is 162 Å². The molecule has 6 nitrogen and oxygen atoms in total. The first kappa shape index (κ1) is 18.2. The number of para-hydroxylation sites is 1. The minimum absolute atomic E-state index is 0.0996. The molecule has 0 saturated heterocycles. The predicted octanol–water partition coefficient (Wildman–Crippen LogP) is 2.53. The third-order valence-electron chi connectivity index (χ3n) is 5.14. The van der Waals surface area contributed by atoms with E-state index in [1.807, 2.05) is 31.2 Å². The van der Waals surface area contributed by atoms with Crippen LogP contribution in [0.25, 0.3) is 0 Å². The first-order valence-electron chi connectivity index (χ1n) is 9.27. The van der Waals surface area contributed by atoms with Crippen molar-refractivity contribution in [1.82, 2.24) is 0 Å². The van der Waals surface area contributed by atoms with Gasteiger partial charge in [0, 0.05) is 13.0 Å². The summed E-state index contributed by atoms with van der Waals surface area (Å²) in [6, 6.07) is 11.7. The van der Waals surface area contributed by atoms with Gasteiger partial charge in [0.2, 0.25) is 5.91 Å². The summed E-state index contributed by atoms with van der Waals surface area (Å²) in [5, 5.41) is 5.87. The molecule has 0 aromatic heterocycles. The molecule has 0 radical (unpaired) electrons. The molecule has 2 aliphatic heterocycles. The van der Waals surface area contributed by atoms with Crippen molar-refractivity contribution in [2.24, 2.45) is 10.8 Å². The summed E-state index contributed by atoms with van der Waals surface area (Å²) < 4.78 is 14.7. The topological polar surface area (TPSA) is 79.0 Å². The highest BCUT2D eigenvalue weighted by Gasteiger charge is 2.38. The average Bonchev–Trinajstić information content (AvgIpc) is 3.13. The second kappa shape index (κ2) is 7.07. The van der Waals surface area contributed by atoms with E-state index in [2.05, 4.69) is 5.10 Å². The van der Waals surface area contributed by atoms with Gasteiger partial charge >= 0.3 is 0 Å². The van der Waals surface area contributed by atoms with Gasteiger partial charge in [-0.3, -0.25) is 14.6 Å². The van der Waals surface area contributed by atoms with E-state index in [1.165, 1.54) is 16.0 Å². The number of primary amides is 1. The molecule has 144 valence electrons. The molecule has 1 unspecified atom stereocenters. The van der Waals surface area contributed by atoms with Crippen molar-refractivity contribution in [1.29, 1.82) is 0 Å². The Morgan fingerprint density at radius 2 is 1.96 bits per heavy atom. The predicted molar refractivity (Wildman–Crippen MR) is 106 cm³/mol. The van der Waals surface area contributed by atoms with Crippen molar-refractivity contribution in [3.8, 4) is 0 Å². The molecule has 4 rings (SSSR count). The van der Waals surface area contributed by atoms with Gasteiger partial charge in [-0.1, -0.05) is 24.3 Å². The molecule has 0 aliphatic carbocycles. The zero-order valence-electron chi connectivity index (χ0n) is 15.6. The van der Waals surface area contributed by atoms with Crippen LogP contribution in [0.3, 0.4) is 0 Å². The summed E-state index contributed by atoms with van der Waals surface area (Å²) in [4.78, 5) is 26.6. The Kier molecular flexibility index (Phi) is 4.58. The smallest absolute Gasteiger partial charge is 0.274 e. The van der Waals surface area contributed by atoms with E-state index in [4.69, 9.17) is 5.73 Å². The Bertz CT molecular complexity index is 974. The normalized spacial score (nSPS) is 18.6. The number of nitrogens with zero attached hydrogens (tertiary/aromatic N) is 3. The second-order valence-electron chi connectivity index (χ2n) is 7.16. The lowest BCUT2D eigenvalue weighted by Gasteiger charge is -2.30. The van der Waals surface area contributed by atoms with Gasteiger partial charge in [0.25, 0.3) is 5.91 Å². The average molecular weight is 380 g/mol. The number of amides is 2. The summed E-state index contributed by atoms with van der Waals surface area (Å²) in [7, 11) is 0. The number of rotatable bonds is 3. The lowest BCUT2D eigenvalue weighted by molar-refractivity contribution is -0.119. The van der Waals surface area contributed by atoms with Gasteiger partial charge in [0.1, 0.15) is 17.6 Å². The van der Waals surface area contributed by atoms with E-state index in [1.54, 1.807) is 12.1 Å². The van der Waals surface area contributed by atoms with Crippen LogP contribution in [-0.2, 0) is 16.0 Å². The molecule has 0 saturated carbocycles. The molecule has 2 N–H and O–H groups in total. The van der Waals surface area contributed by atoms with Gasteiger partial charge in [-0.15, -0.1) is 0 Å². The zero-order valence-corrected chi connectivity index (χ0v) is 15.6. The first-order valence-corrected chi connectivity index (χ1v) is 9.27. The molecular weight excluding hydrogens is 359 g/mol. The number of anilines is 2. The molecule has 0 fully saturated rings. The summed E-state index contributed by atoms with van der Waals surface area (Å²) in [5.41, 5.74) is 8.40. The highest BCUT2D eigenvalue weighted by Crippen LogP contribution is 2.33. The number of hydrogen-bond donors (Lipinski definition) is 1. The molecule has 0 spiro atoms. The number of nitrogens with two attached hydrogens (primary N) is 1. The number of fused-ring (bicyclic) bond motifs is 1. The highest BCUT2D eigenvalue weighted by molar-refractivity contribution is 6.45. The Hall–Kier alpha value is -3.22. The monoisotopic (exact) mass is 380 g/mol. The highest BCUT2D eigenvalue weighted by atomic mass is 19.1. The largest absolute Gasteiger partial charge is 0.368 e. The number of halogens is 1. The van der Waals surface area contributed by atoms with Crippen LogP contribution in [0.15, 0.2) is 47.6 Å². The standard InChI is InChI=1S/C21H21FN4O2/c1-13-10-14-6-5-9-25(19(14)16(22)11-13)21(28)17-12-18(20(23)27)26(24-17)15-7-3-2-4-8-15/h2-4,7-8,10-11,18H,5-6,9,12H2,1H3,(H2,23,27).